The number of nitrogens with zero attached hydrogens (tertiary/aromatic N) is 2. The molecule has 0 aliphatic carbocycles. The first kappa shape index (κ1) is 34.9. The van der Waals surface area contributed by atoms with Crippen molar-refractivity contribution in [1.29, 1.82) is 0 Å². The highest BCUT2D eigenvalue weighted by Gasteiger charge is 2.19. The van der Waals surface area contributed by atoms with E-state index in [4.69, 9.17) is 14.4 Å². The minimum atomic E-state index is 0.689. The van der Waals surface area contributed by atoms with E-state index in [9.17, 15) is 0 Å². The smallest absolute Gasteiger partial charge is 0.160 e. The Bertz CT molecular complexity index is 3610. The molecule has 10 aromatic carbocycles. The van der Waals surface area contributed by atoms with Gasteiger partial charge in [0.25, 0.3) is 0 Å². The van der Waals surface area contributed by atoms with Crippen LogP contribution in [0, 0.1) is 0 Å². The van der Waals surface area contributed by atoms with Crippen LogP contribution in [0.3, 0.4) is 0 Å². The van der Waals surface area contributed by atoms with Crippen LogP contribution in [0.2, 0.25) is 0 Å². The molecule has 284 valence electrons. The van der Waals surface area contributed by atoms with Crippen molar-refractivity contribution >= 4 is 54.3 Å². The summed E-state index contributed by atoms with van der Waals surface area (Å²) in [6.07, 6.45) is 0. The normalized spacial score (nSPS) is 11.6. The molecule has 0 radical (unpaired) electrons. The SMILES string of the molecule is c1ccc(-c2nc(-c3ccc(-c4ccc(-c5c6ccccc6c(-c6ccccc6)c6ccc7ccccc7c56)cc4)cc3)cc(-c3ccc4oc5ccccc5c4c3)n2)cc1. The first-order valence-corrected chi connectivity index (χ1v) is 20.7. The van der Waals surface area contributed by atoms with E-state index >= 15 is 0 Å². The Labute approximate surface area is 352 Å². The van der Waals surface area contributed by atoms with E-state index in [-0.39, 0.29) is 0 Å². The molecule has 0 spiro atoms. The van der Waals surface area contributed by atoms with Crippen molar-refractivity contribution in [2.45, 2.75) is 0 Å². The number of furan rings is 1. The average molecular weight is 777 g/mol. The molecule has 0 aliphatic rings. The number of hydrogen-bond donors (Lipinski definition) is 0. The molecule has 0 saturated carbocycles. The van der Waals surface area contributed by atoms with E-state index < -0.39 is 0 Å². The summed E-state index contributed by atoms with van der Waals surface area (Å²) in [5.41, 5.74) is 13.7. The number of para-hydroxylation sites is 1. The second-order valence-corrected chi connectivity index (χ2v) is 15.7. The summed E-state index contributed by atoms with van der Waals surface area (Å²) >= 11 is 0. The second kappa shape index (κ2) is 14.3. The highest BCUT2D eigenvalue weighted by molar-refractivity contribution is 6.28. The van der Waals surface area contributed by atoms with E-state index in [0.29, 0.717) is 5.82 Å². The van der Waals surface area contributed by atoms with Crippen molar-refractivity contribution in [3.05, 3.63) is 218 Å². The monoisotopic (exact) mass is 776 g/mol. The summed E-state index contributed by atoms with van der Waals surface area (Å²) < 4.78 is 6.14. The molecule has 61 heavy (non-hydrogen) atoms. The first-order chi connectivity index (χ1) is 30.2. The zero-order chi connectivity index (χ0) is 40.3. The molecule has 2 aromatic heterocycles. The van der Waals surface area contributed by atoms with Crippen molar-refractivity contribution < 1.29 is 4.42 Å². The third-order valence-electron chi connectivity index (χ3n) is 12.1. The summed E-state index contributed by atoms with van der Waals surface area (Å²) in [4.78, 5) is 10.2. The molecule has 12 rings (SSSR count). The molecule has 3 heteroatoms. The van der Waals surface area contributed by atoms with Crippen molar-refractivity contribution in [3.63, 3.8) is 0 Å². The predicted molar refractivity (Wildman–Crippen MR) is 254 cm³/mol. The molecule has 12 aromatic rings. The number of benzene rings is 10. The van der Waals surface area contributed by atoms with Gasteiger partial charge in [-0.3, -0.25) is 0 Å². The van der Waals surface area contributed by atoms with Crippen molar-refractivity contribution in [1.82, 2.24) is 9.97 Å². The summed E-state index contributed by atoms with van der Waals surface area (Å²) in [6, 6.07) is 77.7. The van der Waals surface area contributed by atoms with Gasteiger partial charge in [0.2, 0.25) is 0 Å². The van der Waals surface area contributed by atoms with E-state index in [1.54, 1.807) is 0 Å². The van der Waals surface area contributed by atoms with E-state index in [1.165, 1.54) is 54.6 Å². The Hall–Kier alpha value is -8.14. The highest BCUT2D eigenvalue weighted by atomic mass is 16.3. The van der Waals surface area contributed by atoms with Gasteiger partial charge in [0, 0.05) is 27.5 Å². The molecular weight excluding hydrogens is 741 g/mol. The van der Waals surface area contributed by atoms with Gasteiger partial charge in [0.1, 0.15) is 11.2 Å². The zero-order valence-electron chi connectivity index (χ0n) is 33.1. The molecule has 2 heterocycles. The van der Waals surface area contributed by atoms with Gasteiger partial charge in [-0.05, 0) is 96.0 Å². The second-order valence-electron chi connectivity index (χ2n) is 15.7. The van der Waals surface area contributed by atoms with Crippen molar-refractivity contribution in [3.8, 4) is 67.3 Å². The minimum Gasteiger partial charge on any atom is -0.456 e. The van der Waals surface area contributed by atoms with Crippen LogP contribution in [-0.4, -0.2) is 9.97 Å². The van der Waals surface area contributed by atoms with Crippen LogP contribution < -0.4 is 0 Å². The van der Waals surface area contributed by atoms with Gasteiger partial charge in [0.15, 0.2) is 5.82 Å². The summed E-state index contributed by atoms with van der Waals surface area (Å²) in [5.74, 6) is 0.689. The lowest BCUT2D eigenvalue weighted by molar-refractivity contribution is 0.669. The van der Waals surface area contributed by atoms with Crippen molar-refractivity contribution in [2.24, 2.45) is 0 Å². The number of aromatic nitrogens is 2. The maximum atomic E-state index is 6.14. The third-order valence-corrected chi connectivity index (χ3v) is 12.1. The topological polar surface area (TPSA) is 38.9 Å². The molecule has 3 nitrogen and oxygen atoms in total. The molecule has 0 aliphatic heterocycles. The third kappa shape index (κ3) is 5.98. The van der Waals surface area contributed by atoms with E-state index in [1.807, 2.05) is 42.5 Å². The first-order valence-electron chi connectivity index (χ1n) is 20.7. The number of rotatable bonds is 6. The van der Waals surface area contributed by atoms with Gasteiger partial charge in [-0.2, -0.15) is 0 Å². The minimum absolute atomic E-state index is 0.689. The molecule has 0 amide bonds. The lowest BCUT2D eigenvalue weighted by Gasteiger charge is -2.19. The highest BCUT2D eigenvalue weighted by Crippen LogP contribution is 2.46. The quantitative estimate of drug-likeness (QED) is 0.125. The van der Waals surface area contributed by atoms with Crippen LogP contribution in [0.1, 0.15) is 0 Å². The average Bonchev–Trinajstić information content (AvgIpc) is 3.72. The number of fused-ring (bicyclic) bond motifs is 7. The zero-order valence-corrected chi connectivity index (χ0v) is 33.1. The Balaban J connectivity index is 0.945. The predicted octanol–water partition coefficient (Wildman–Crippen LogP) is 15.8. The fourth-order valence-corrected chi connectivity index (χ4v) is 9.17. The Morgan fingerprint density at radius 3 is 1.51 bits per heavy atom. The van der Waals surface area contributed by atoms with Gasteiger partial charge in [0.05, 0.1) is 11.4 Å². The molecule has 0 N–H and O–H groups in total. The van der Waals surface area contributed by atoms with Gasteiger partial charge < -0.3 is 4.42 Å². The van der Waals surface area contributed by atoms with Gasteiger partial charge in [-0.25, -0.2) is 9.97 Å². The standard InChI is InChI=1S/C58H36N2O/c1-3-14-41(15-4-1)55-47-20-9-10-21-48(47)56(57-45-18-8-7-13-39(45)31-33-49(55)57)42-29-25-38(26-30-42)37-23-27-40(28-24-37)51-36-52(60-58(59-51)43-16-5-2-6-17-43)44-32-34-54-50(35-44)46-19-11-12-22-53(46)61-54/h1-36H. The fourth-order valence-electron chi connectivity index (χ4n) is 9.17. The Kier molecular flexibility index (Phi) is 8.17. The Morgan fingerprint density at radius 1 is 0.279 bits per heavy atom. The summed E-state index contributed by atoms with van der Waals surface area (Å²) in [7, 11) is 0. The molecule has 0 atom stereocenters. The number of hydrogen-bond acceptors (Lipinski definition) is 3. The maximum Gasteiger partial charge on any atom is 0.160 e. The van der Waals surface area contributed by atoms with E-state index in [0.717, 1.165) is 61.1 Å². The van der Waals surface area contributed by atoms with Crippen LogP contribution in [0.15, 0.2) is 223 Å². The summed E-state index contributed by atoms with van der Waals surface area (Å²) in [5, 5.41) is 9.71. The molecule has 0 unspecified atom stereocenters. The summed E-state index contributed by atoms with van der Waals surface area (Å²) in [6.45, 7) is 0. The van der Waals surface area contributed by atoms with Crippen LogP contribution in [0.25, 0.3) is 122 Å². The fraction of sp³-hybridized carbons (Fsp3) is 0. The largest absolute Gasteiger partial charge is 0.456 e. The van der Waals surface area contributed by atoms with Crippen LogP contribution in [0.5, 0.6) is 0 Å². The van der Waals surface area contributed by atoms with Gasteiger partial charge >= 0.3 is 0 Å². The van der Waals surface area contributed by atoms with Crippen LogP contribution >= 0.6 is 0 Å². The molecule has 0 saturated heterocycles. The molecular formula is C58H36N2O. The molecule has 0 fully saturated rings. The Morgan fingerprint density at radius 2 is 0.787 bits per heavy atom. The van der Waals surface area contributed by atoms with Gasteiger partial charge in [-0.15, -0.1) is 0 Å². The lowest BCUT2D eigenvalue weighted by Crippen LogP contribution is -1.96. The van der Waals surface area contributed by atoms with Gasteiger partial charge in [-0.1, -0.05) is 188 Å². The van der Waals surface area contributed by atoms with E-state index in [2.05, 4.69) is 176 Å². The van der Waals surface area contributed by atoms with Crippen LogP contribution in [0.4, 0.5) is 0 Å². The molecule has 0 bridgehead atoms. The maximum absolute atomic E-state index is 6.14. The lowest BCUT2D eigenvalue weighted by atomic mass is 9.84. The van der Waals surface area contributed by atoms with Crippen molar-refractivity contribution in [2.75, 3.05) is 0 Å². The van der Waals surface area contributed by atoms with Crippen LogP contribution in [-0.2, 0) is 0 Å².